The normalized spacial score (nSPS) is 17.6. The van der Waals surface area contributed by atoms with Crippen LogP contribution in [0.5, 0.6) is 0 Å². The number of amides is 5. The maximum atomic E-state index is 13.4. The number of hydrogen-bond acceptors (Lipinski definition) is 7. The molecule has 44 heavy (non-hydrogen) atoms. The lowest BCUT2D eigenvalue weighted by Crippen LogP contribution is -2.58. The summed E-state index contributed by atoms with van der Waals surface area (Å²) in [5.41, 5.74) is 10.4. The molecule has 0 aromatic heterocycles. The highest BCUT2D eigenvalue weighted by atomic mass is 16.5. The van der Waals surface area contributed by atoms with E-state index in [1.807, 2.05) is 48.5 Å². The fraction of sp³-hybridized carbons (Fsp3) is 0.438. The lowest BCUT2D eigenvalue weighted by Gasteiger charge is -2.27. The number of aliphatic hydroxyl groups excluding tert-OH is 1. The molecule has 5 amide bonds. The molecule has 1 aliphatic carbocycles. The molecule has 0 radical (unpaired) electrons. The Balaban J connectivity index is 1.38. The minimum atomic E-state index is -1.20. The fourth-order valence-electron chi connectivity index (χ4n) is 5.65. The van der Waals surface area contributed by atoms with Gasteiger partial charge in [0.25, 0.3) is 0 Å². The van der Waals surface area contributed by atoms with Crippen molar-refractivity contribution in [3.05, 3.63) is 71.8 Å². The highest BCUT2D eigenvalue weighted by molar-refractivity contribution is 5.91. The second-order valence-electron chi connectivity index (χ2n) is 11.6. The Bertz CT molecular complexity index is 1340. The van der Waals surface area contributed by atoms with E-state index in [1.54, 1.807) is 13.8 Å². The van der Waals surface area contributed by atoms with Crippen molar-refractivity contribution in [1.29, 1.82) is 0 Å². The van der Waals surface area contributed by atoms with Crippen molar-refractivity contribution in [2.75, 3.05) is 19.7 Å². The average molecular weight is 607 g/mol. The monoisotopic (exact) mass is 606 g/mol. The van der Waals surface area contributed by atoms with Crippen LogP contribution in [-0.2, 0) is 14.3 Å². The van der Waals surface area contributed by atoms with Crippen molar-refractivity contribution in [1.82, 2.24) is 26.6 Å². The number of rotatable bonds is 13. The van der Waals surface area contributed by atoms with E-state index in [4.69, 9.17) is 10.5 Å². The number of nitrogens with one attached hydrogen (secondary N) is 5. The first-order chi connectivity index (χ1) is 21.0. The van der Waals surface area contributed by atoms with Crippen LogP contribution >= 0.6 is 0 Å². The van der Waals surface area contributed by atoms with Crippen molar-refractivity contribution in [3.8, 4) is 11.1 Å². The van der Waals surface area contributed by atoms with Crippen molar-refractivity contribution in [3.63, 3.8) is 0 Å². The summed E-state index contributed by atoms with van der Waals surface area (Å²) in [6.45, 7) is 8.23. The number of fused-ring (bicyclic) bond motifs is 3. The third-order valence-corrected chi connectivity index (χ3v) is 7.96. The summed E-state index contributed by atoms with van der Waals surface area (Å²) >= 11 is 0. The van der Waals surface area contributed by atoms with Crippen molar-refractivity contribution < 1.29 is 29.0 Å². The zero-order valence-corrected chi connectivity index (χ0v) is 25.1. The van der Waals surface area contributed by atoms with Crippen LogP contribution in [-0.4, -0.2) is 73.1 Å². The van der Waals surface area contributed by atoms with Crippen LogP contribution in [0, 0.1) is 5.92 Å². The summed E-state index contributed by atoms with van der Waals surface area (Å²) < 4.78 is 5.63. The maximum Gasteiger partial charge on any atom is 0.407 e. The van der Waals surface area contributed by atoms with E-state index in [1.165, 1.54) is 0 Å². The summed E-state index contributed by atoms with van der Waals surface area (Å²) in [7, 11) is 0. The van der Waals surface area contributed by atoms with Gasteiger partial charge in [0.1, 0.15) is 24.9 Å². The van der Waals surface area contributed by atoms with Crippen LogP contribution < -0.4 is 32.3 Å². The summed E-state index contributed by atoms with van der Waals surface area (Å²) in [5.74, 6) is -1.67. The second kappa shape index (κ2) is 14.8. The molecule has 2 aromatic carbocycles. The van der Waals surface area contributed by atoms with Crippen molar-refractivity contribution in [2.24, 2.45) is 11.7 Å². The summed E-state index contributed by atoms with van der Waals surface area (Å²) in [4.78, 5) is 50.6. The number of aliphatic hydroxyl groups is 1. The number of primary amides is 1. The lowest BCUT2D eigenvalue weighted by atomic mass is 9.98. The van der Waals surface area contributed by atoms with E-state index in [0.29, 0.717) is 19.4 Å². The molecule has 0 bridgehead atoms. The molecule has 236 valence electrons. The van der Waals surface area contributed by atoms with Gasteiger partial charge in [0.05, 0.1) is 6.04 Å². The quantitative estimate of drug-likeness (QED) is 0.103. The van der Waals surface area contributed by atoms with Crippen LogP contribution in [0.1, 0.15) is 50.2 Å². The summed E-state index contributed by atoms with van der Waals surface area (Å²) in [6.07, 6.45) is -0.992. The van der Waals surface area contributed by atoms with Crippen LogP contribution in [0.25, 0.3) is 11.1 Å². The number of urea groups is 1. The Morgan fingerprint density at radius 3 is 2.20 bits per heavy atom. The Morgan fingerprint density at radius 1 is 1.00 bits per heavy atom. The number of carbonyl (C=O) groups excluding carboxylic acids is 4. The molecule has 4 rings (SSSR count). The smallest absolute Gasteiger partial charge is 0.407 e. The second-order valence-corrected chi connectivity index (χ2v) is 11.6. The number of nitrogens with two attached hydrogens (primary N) is 1. The lowest BCUT2D eigenvalue weighted by molar-refractivity contribution is -0.132. The zero-order valence-electron chi connectivity index (χ0n) is 25.1. The molecule has 4 atom stereocenters. The van der Waals surface area contributed by atoms with Gasteiger partial charge in [-0.2, -0.15) is 0 Å². The minimum absolute atomic E-state index is 0.0870. The number of carbonyl (C=O) groups is 4. The molecule has 1 aliphatic heterocycles. The molecule has 1 fully saturated rings. The third-order valence-electron chi connectivity index (χ3n) is 7.96. The predicted molar refractivity (Wildman–Crippen MR) is 165 cm³/mol. The molecule has 0 saturated carbocycles. The van der Waals surface area contributed by atoms with Gasteiger partial charge in [0.15, 0.2) is 0 Å². The molecule has 1 heterocycles. The number of ether oxygens (including phenoxy) is 1. The molecule has 12 nitrogen and oxygen atoms in total. The topological polar surface area (TPSA) is 184 Å². The first-order valence-electron chi connectivity index (χ1n) is 14.9. The van der Waals surface area contributed by atoms with Gasteiger partial charge in [-0.3, -0.25) is 9.59 Å². The van der Waals surface area contributed by atoms with E-state index in [2.05, 4.69) is 33.2 Å². The highest BCUT2D eigenvalue weighted by Gasteiger charge is 2.33. The Hall–Kier alpha value is -4.42. The first kappa shape index (κ1) is 32.5. The van der Waals surface area contributed by atoms with Crippen LogP contribution in [0.3, 0.4) is 0 Å². The van der Waals surface area contributed by atoms with Crippen molar-refractivity contribution >= 4 is 23.9 Å². The highest BCUT2D eigenvalue weighted by Crippen LogP contribution is 2.44. The zero-order chi connectivity index (χ0) is 31.8. The molecular weight excluding hydrogens is 564 g/mol. The molecule has 2 aromatic rings. The SMILES string of the molecule is C=C1CN[C@H](C(O)NC(=O)[C@H](CCCNC(N)=O)NC(=O)C(NC(=O)OCC2c3ccccc3-c3ccccc32)C(C)C)C1. The third kappa shape index (κ3) is 8.14. The van der Waals surface area contributed by atoms with Gasteiger partial charge in [-0.25, -0.2) is 9.59 Å². The first-order valence-corrected chi connectivity index (χ1v) is 14.9. The van der Waals surface area contributed by atoms with Crippen LogP contribution in [0.4, 0.5) is 9.59 Å². The standard InChI is InChI=1S/C32H42N6O6/c1-18(2)27(37-32(43)44-17-24-22-11-6-4-9-20(22)21-10-5-7-12-23(21)24)30(41)36-25(13-8-14-34-31(33)42)28(39)38-29(40)26-15-19(3)16-35-26/h4-7,9-12,18,24-27,29,35,40H,3,8,13-17H2,1-2H3,(H,36,41)(H,37,43)(H,38,39)(H3,33,34,42)/t25-,26-,27?,29?/m0/s1. The Morgan fingerprint density at radius 2 is 1.64 bits per heavy atom. The van der Waals surface area contributed by atoms with Gasteiger partial charge in [0.2, 0.25) is 11.8 Å². The minimum Gasteiger partial charge on any atom is -0.449 e. The maximum absolute atomic E-state index is 13.4. The Kier molecular flexibility index (Phi) is 11.0. The van der Waals surface area contributed by atoms with Crippen molar-refractivity contribution in [2.45, 2.75) is 63.4 Å². The van der Waals surface area contributed by atoms with E-state index in [9.17, 15) is 24.3 Å². The number of benzene rings is 2. The van der Waals surface area contributed by atoms with Gasteiger partial charge in [-0.05, 0) is 47.4 Å². The predicted octanol–water partition coefficient (Wildman–Crippen LogP) is 1.84. The molecule has 0 spiro atoms. The average Bonchev–Trinajstić information content (AvgIpc) is 3.57. The summed E-state index contributed by atoms with van der Waals surface area (Å²) in [5, 5.41) is 24.0. The van der Waals surface area contributed by atoms with Gasteiger partial charge in [-0.15, -0.1) is 0 Å². The number of alkyl carbamates (subject to hydrolysis) is 1. The molecule has 2 aliphatic rings. The van der Waals surface area contributed by atoms with Gasteiger partial charge >= 0.3 is 12.1 Å². The largest absolute Gasteiger partial charge is 0.449 e. The number of hydrogen-bond donors (Lipinski definition) is 7. The van der Waals surface area contributed by atoms with Crippen LogP contribution in [0.15, 0.2) is 60.7 Å². The van der Waals surface area contributed by atoms with Gasteiger partial charge in [-0.1, -0.05) is 74.5 Å². The van der Waals surface area contributed by atoms with E-state index >= 15 is 0 Å². The molecule has 8 N–H and O–H groups in total. The van der Waals surface area contributed by atoms with Gasteiger partial charge in [0, 0.05) is 19.0 Å². The van der Waals surface area contributed by atoms with Gasteiger partial charge < -0.3 is 42.2 Å². The Labute approximate surface area is 257 Å². The molecule has 12 heteroatoms. The van der Waals surface area contributed by atoms with E-state index in [0.717, 1.165) is 27.8 Å². The molecule has 2 unspecified atom stereocenters. The fourth-order valence-corrected chi connectivity index (χ4v) is 5.65. The van der Waals surface area contributed by atoms with Crippen LogP contribution in [0.2, 0.25) is 0 Å². The molecular formula is C32H42N6O6. The molecule has 1 saturated heterocycles. The summed E-state index contributed by atoms with van der Waals surface area (Å²) in [6, 6.07) is 12.8. The van der Waals surface area contributed by atoms with E-state index in [-0.39, 0.29) is 31.4 Å². The van der Waals surface area contributed by atoms with E-state index < -0.39 is 48.3 Å².